The van der Waals surface area contributed by atoms with Crippen molar-refractivity contribution in [1.82, 2.24) is 0 Å². The second-order valence-corrected chi connectivity index (χ2v) is 5.36. The summed E-state index contributed by atoms with van der Waals surface area (Å²) >= 11 is 12.5. The third-order valence-electron chi connectivity index (χ3n) is 1.79. The molecule has 0 saturated carbocycles. The molecule has 0 heterocycles. The van der Waals surface area contributed by atoms with Gasteiger partial charge in [0.25, 0.3) is 0 Å². The molecule has 0 bridgehead atoms. The van der Waals surface area contributed by atoms with Crippen molar-refractivity contribution in [2.45, 2.75) is 13.8 Å². The van der Waals surface area contributed by atoms with Crippen LogP contribution in [0.1, 0.15) is 24.2 Å². The van der Waals surface area contributed by atoms with Gasteiger partial charge in [-0.3, -0.25) is 4.79 Å². The fourth-order valence-corrected chi connectivity index (χ4v) is 2.33. The van der Waals surface area contributed by atoms with Gasteiger partial charge in [-0.2, -0.15) is 0 Å². The van der Waals surface area contributed by atoms with Crippen molar-refractivity contribution < 1.29 is 4.79 Å². The standard InChI is InChI=1S/C10H9Br2ClO/c1-5(2)10(14)6-3-7(11)9(13)8(12)4-6/h3-5H,1-2H3. The summed E-state index contributed by atoms with van der Waals surface area (Å²) in [7, 11) is 0. The molecule has 76 valence electrons. The maximum absolute atomic E-state index is 11.7. The van der Waals surface area contributed by atoms with Crippen molar-refractivity contribution >= 4 is 49.2 Å². The summed E-state index contributed by atoms with van der Waals surface area (Å²) in [6.45, 7) is 3.75. The number of carbonyl (C=O) groups excluding carboxylic acids is 1. The third-order valence-corrected chi connectivity index (χ3v) is 3.91. The molecule has 0 fully saturated rings. The van der Waals surface area contributed by atoms with Crippen LogP contribution >= 0.6 is 43.5 Å². The van der Waals surface area contributed by atoms with Crippen LogP contribution in [0.15, 0.2) is 21.1 Å². The predicted molar refractivity (Wildman–Crippen MR) is 66.0 cm³/mol. The highest BCUT2D eigenvalue weighted by Crippen LogP contribution is 2.32. The van der Waals surface area contributed by atoms with Gasteiger partial charge >= 0.3 is 0 Å². The Hall–Kier alpha value is 0.140. The highest BCUT2D eigenvalue weighted by molar-refractivity contribution is 9.11. The van der Waals surface area contributed by atoms with Gasteiger partial charge in [-0.1, -0.05) is 25.4 Å². The lowest BCUT2D eigenvalue weighted by Gasteiger charge is -2.07. The molecule has 0 aromatic heterocycles. The molecular formula is C10H9Br2ClO. The van der Waals surface area contributed by atoms with E-state index in [0.29, 0.717) is 10.6 Å². The second-order valence-electron chi connectivity index (χ2n) is 3.27. The van der Waals surface area contributed by atoms with Crippen LogP contribution in [-0.2, 0) is 0 Å². The number of hydrogen-bond acceptors (Lipinski definition) is 1. The van der Waals surface area contributed by atoms with E-state index in [1.807, 2.05) is 13.8 Å². The summed E-state index contributed by atoms with van der Waals surface area (Å²) in [5.74, 6) is 0.109. The number of carbonyl (C=O) groups is 1. The molecule has 0 amide bonds. The van der Waals surface area contributed by atoms with Gasteiger partial charge in [-0.15, -0.1) is 0 Å². The van der Waals surface area contributed by atoms with Crippen LogP contribution in [0.3, 0.4) is 0 Å². The third kappa shape index (κ3) is 2.59. The monoisotopic (exact) mass is 338 g/mol. The lowest BCUT2D eigenvalue weighted by atomic mass is 10.0. The molecule has 0 N–H and O–H groups in total. The average Bonchev–Trinajstić information content (AvgIpc) is 2.12. The first-order valence-corrected chi connectivity index (χ1v) is 6.08. The molecule has 0 aliphatic rings. The van der Waals surface area contributed by atoms with Gasteiger partial charge in [0.2, 0.25) is 0 Å². The van der Waals surface area contributed by atoms with Crippen molar-refractivity contribution in [3.63, 3.8) is 0 Å². The number of rotatable bonds is 2. The number of benzene rings is 1. The normalized spacial score (nSPS) is 10.7. The van der Waals surface area contributed by atoms with Crippen molar-refractivity contribution in [2.75, 3.05) is 0 Å². The molecule has 0 unspecified atom stereocenters. The largest absolute Gasteiger partial charge is 0.294 e. The summed E-state index contributed by atoms with van der Waals surface area (Å²) in [4.78, 5) is 11.7. The minimum atomic E-state index is -0.00465. The molecule has 0 atom stereocenters. The lowest BCUT2D eigenvalue weighted by molar-refractivity contribution is 0.0939. The van der Waals surface area contributed by atoms with E-state index in [0.717, 1.165) is 8.95 Å². The van der Waals surface area contributed by atoms with Crippen molar-refractivity contribution in [2.24, 2.45) is 5.92 Å². The van der Waals surface area contributed by atoms with Gasteiger partial charge in [0, 0.05) is 20.4 Å². The van der Waals surface area contributed by atoms with E-state index in [-0.39, 0.29) is 11.7 Å². The molecule has 1 aromatic rings. The molecule has 1 nitrogen and oxygen atoms in total. The van der Waals surface area contributed by atoms with Crippen LogP contribution in [0.4, 0.5) is 0 Å². The van der Waals surface area contributed by atoms with E-state index in [2.05, 4.69) is 31.9 Å². The molecule has 0 saturated heterocycles. The Morgan fingerprint density at radius 1 is 1.29 bits per heavy atom. The average molecular weight is 340 g/mol. The van der Waals surface area contributed by atoms with Gasteiger partial charge in [0.15, 0.2) is 5.78 Å². The summed E-state index contributed by atoms with van der Waals surface area (Å²) in [5.41, 5.74) is 0.670. The fraction of sp³-hybridized carbons (Fsp3) is 0.300. The van der Waals surface area contributed by atoms with Crippen molar-refractivity contribution in [3.8, 4) is 0 Å². The Balaban J connectivity index is 3.19. The number of Topliss-reactive ketones (excluding diaryl/α,β-unsaturated/α-hetero) is 1. The van der Waals surface area contributed by atoms with Crippen LogP contribution in [0.2, 0.25) is 5.02 Å². The van der Waals surface area contributed by atoms with E-state index in [4.69, 9.17) is 11.6 Å². The molecular weight excluding hydrogens is 331 g/mol. The number of halogens is 3. The maximum Gasteiger partial charge on any atom is 0.165 e. The second kappa shape index (κ2) is 4.77. The molecule has 1 aromatic carbocycles. The van der Waals surface area contributed by atoms with E-state index in [9.17, 15) is 4.79 Å². The molecule has 0 aliphatic heterocycles. The lowest BCUT2D eigenvalue weighted by Crippen LogP contribution is -2.07. The van der Waals surface area contributed by atoms with E-state index in [1.54, 1.807) is 12.1 Å². The minimum absolute atomic E-state index is 0.00465. The van der Waals surface area contributed by atoms with Crippen LogP contribution in [-0.4, -0.2) is 5.78 Å². The van der Waals surface area contributed by atoms with E-state index >= 15 is 0 Å². The predicted octanol–water partition coefficient (Wildman–Crippen LogP) is 4.70. The van der Waals surface area contributed by atoms with Crippen molar-refractivity contribution in [1.29, 1.82) is 0 Å². The topological polar surface area (TPSA) is 17.1 Å². The zero-order chi connectivity index (χ0) is 10.9. The van der Waals surface area contributed by atoms with Gasteiger partial charge in [0.1, 0.15) is 0 Å². The first-order chi connectivity index (χ1) is 6.43. The zero-order valence-electron chi connectivity index (χ0n) is 7.77. The summed E-state index contributed by atoms with van der Waals surface area (Å²) in [6.07, 6.45) is 0. The molecule has 1 rings (SSSR count). The smallest absolute Gasteiger partial charge is 0.165 e. The Kier molecular flexibility index (Phi) is 4.16. The van der Waals surface area contributed by atoms with Gasteiger partial charge in [0.05, 0.1) is 5.02 Å². The van der Waals surface area contributed by atoms with Crippen molar-refractivity contribution in [3.05, 3.63) is 31.7 Å². The molecule has 0 aliphatic carbocycles. The Morgan fingerprint density at radius 3 is 2.07 bits per heavy atom. The maximum atomic E-state index is 11.7. The Bertz CT molecular complexity index is 351. The summed E-state index contributed by atoms with van der Waals surface area (Å²) in [6, 6.07) is 3.49. The first-order valence-electron chi connectivity index (χ1n) is 4.12. The zero-order valence-corrected chi connectivity index (χ0v) is 11.7. The van der Waals surface area contributed by atoms with Gasteiger partial charge in [-0.25, -0.2) is 0 Å². The molecule has 0 spiro atoms. The fourth-order valence-electron chi connectivity index (χ4n) is 1.03. The highest BCUT2D eigenvalue weighted by Gasteiger charge is 2.13. The first kappa shape index (κ1) is 12.2. The Labute approximate surface area is 105 Å². The number of hydrogen-bond donors (Lipinski definition) is 0. The minimum Gasteiger partial charge on any atom is -0.294 e. The molecule has 14 heavy (non-hydrogen) atoms. The van der Waals surface area contributed by atoms with Crippen LogP contribution < -0.4 is 0 Å². The summed E-state index contributed by atoms with van der Waals surface area (Å²) in [5, 5.41) is 0.588. The molecule has 0 radical (unpaired) electrons. The number of ketones is 1. The highest BCUT2D eigenvalue weighted by atomic mass is 79.9. The SMILES string of the molecule is CC(C)C(=O)c1cc(Br)c(Cl)c(Br)c1. The van der Waals surface area contributed by atoms with E-state index in [1.165, 1.54) is 0 Å². The van der Waals surface area contributed by atoms with Crippen LogP contribution in [0.5, 0.6) is 0 Å². The summed E-state index contributed by atoms with van der Waals surface area (Å²) < 4.78 is 1.47. The van der Waals surface area contributed by atoms with Gasteiger partial charge in [-0.05, 0) is 44.0 Å². The van der Waals surface area contributed by atoms with E-state index < -0.39 is 0 Å². The van der Waals surface area contributed by atoms with Crippen LogP contribution in [0.25, 0.3) is 0 Å². The quantitative estimate of drug-likeness (QED) is 0.563. The van der Waals surface area contributed by atoms with Crippen LogP contribution in [0, 0.1) is 5.92 Å². The van der Waals surface area contributed by atoms with Gasteiger partial charge < -0.3 is 0 Å². The molecule has 4 heteroatoms. The Morgan fingerprint density at radius 2 is 1.71 bits per heavy atom.